The van der Waals surface area contributed by atoms with Gasteiger partial charge in [0.2, 0.25) is 0 Å². The Hall–Kier alpha value is -0.240. The van der Waals surface area contributed by atoms with E-state index in [0.717, 1.165) is 13.1 Å². The number of hydrogen-bond acceptors (Lipinski definition) is 6. The van der Waals surface area contributed by atoms with Crippen LogP contribution < -0.4 is 21.3 Å². The van der Waals surface area contributed by atoms with E-state index in [1.165, 1.54) is 77.8 Å². The Bertz CT molecular complexity index is 534. The molecule has 3 aliphatic heterocycles. The first-order valence-electron chi connectivity index (χ1n) is 14.2. The summed E-state index contributed by atoms with van der Waals surface area (Å²) in [7, 11) is 0. The van der Waals surface area contributed by atoms with Crippen LogP contribution in [0.4, 0.5) is 0 Å². The molecule has 0 radical (unpaired) electrons. The molecule has 0 aromatic rings. The molecule has 0 atom stereocenters. The lowest BCUT2D eigenvalue weighted by molar-refractivity contribution is 0.123. The van der Waals surface area contributed by atoms with Crippen LogP contribution in [0.2, 0.25) is 0 Å². The lowest BCUT2D eigenvalue weighted by atomic mass is 9.79. The first-order valence-corrected chi connectivity index (χ1v) is 14.2. The fraction of sp³-hybridized carbons (Fsp3) is 1.00. The van der Waals surface area contributed by atoms with E-state index in [2.05, 4.69) is 86.5 Å². The predicted octanol–water partition coefficient (Wildman–Crippen LogP) is 3.18. The van der Waals surface area contributed by atoms with E-state index in [0.29, 0.717) is 12.1 Å². The number of nitrogens with one attached hydrogen (secondary N) is 4. The minimum atomic E-state index is 0.228. The van der Waals surface area contributed by atoms with Crippen molar-refractivity contribution in [1.82, 2.24) is 31.1 Å². The Morgan fingerprint density at radius 1 is 0.559 bits per heavy atom. The van der Waals surface area contributed by atoms with Crippen LogP contribution in [0, 0.1) is 0 Å². The van der Waals surface area contributed by atoms with Gasteiger partial charge >= 0.3 is 0 Å². The van der Waals surface area contributed by atoms with Crippen LogP contribution in [0.3, 0.4) is 0 Å². The summed E-state index contributed by atoms with van der Waals surface area (Å²) in [5.74, 6) is 0. The second-order valence-corrected chi connectivity index (χ2v) is 14.3. The van der Waals surface area contributed by atoms with Crippen molar-refractivity contribution in [3.63, 3.8) is 0 Å². The zero-order valence-corrected chi connectivity index (χ0v) is 23.9. The van der Waals surface area contributed by atoms with Crippen molar-refractivity contribution in [2.75, 3.05) is 52.4 Å². The number of piperazine rings is 1. The van der Waals surface area contributed by atoms with E-state index in [4.69, 9.17) is 0 Å². The molecule has 4 N–H and O–H groups in total. The summed E-state index contributed by atoms with van der Waals surface area (Å²) in [6, 6.07) is 1.28. The van der Waals surface area contributed by atoms with Gasteiger partial charge in [0.1, 0.15) is 0 Å². The molecule has 0 unspecified atom stereocenters. The minimum Gasteiger partial charge on any atom is -0.314 e. The van der Waals surface area contributed by atoms with Gasteiger partial charge in [-0.2, -0.15) is 0 Å². The van der Waals surface area contributed by atoms with Gasteiger partial charge in [0, 0.05) is 60.4 Å². The highest BCUT2D eigenvalue weighted by atomic mass is 15.3. The van der Waals surface area contributed by atoms with Crippen molar-refractivity contribution in [2.24, 2.45) is 0 Å². The highest BCUT2D eigenvalue weighted by molar-refractivity contribution is 5.00. The lowest BCUT2D eigenvalue weighted by Crippen LogP contribution is -2.61. The third-order valence-electron chi connectivity index (χ3n) is 8.01. The predicted molar refractivity (Wildman–Crippen MR) is 147 cm³/mol. The molecule has 3 heterocycles. The topological polar surface area (TPSA) is 54.6 Å². The van der Waals surface area contributed by atoms with Crippen LogP contribution in [0.15, 0.2) is 0 Å². The Kier molecular flexibility index (Phi) is 9.53. The van der Waals surface area contributed by atoms with E-state index in [-0.39, 0.29) is 22.2 Å². The van der Waals surface area contributed by atoms with Crippen LogP contribution >= 0.6 is 0 Å². The maximum Gasteiger partial charge on any atom is 0.0144 e. The first kappa shape index (κ1) is 28.3. The van der Waals surface area contributed by atoms with Gasteiger partial charge in [0.25, 0.3) is 0 Å². The van der Waals surface area contributed by atoms with E-state index in [1.807, 2.05) is 0 Å². The molecule has 0 spiro atoms. The summed E-state index contributed by atoms with van der Waals surface area (Å²) in [5.41, 5.74) is 0.913. The van der Waals surface area contributed by atoms with Gasteiger partial charge in [-0.3, -0.25) is 0 Å². The molecule has 6 heteroatoms. The second-order valence-electron chi connectivity index (χ2n) is 14.3. The summed E-state index contributed by atoms with van der Waals surface area (Å²) in [6.07, 6.45) is 7.40. The molecule has 0 aromatic carbocycles. The summed E-state index contributed by atoms with van der Waals surface area (Å²) >= 11 is 0. The lowest BCUT2D eigenvalue weighted by Gasteiger charge is -2.47. The zero-order chi connectivity index (χ0) is 25.0. The Balaban J connectivity index is 1.23. The molecule has 200 valence electrons. The van der Waals surface area contributed by atoms with Gasteiger partial charge in [0.15, 0.2) is 0 Å². The monoisotopic (exact) mass is 478 g/mol. The largest absolute Gasteiger partial charge is 0.314 e. The van der Waals surface area contributed by atoms with Crippen LogP contribution in [0.25, 0.3) is 0 Å². The van der Waals surface area contributed by atoms with Gasteiger partial charge in [-0.05, 0) is 120 Å². The minimum absolute atomic E-state index is 0.228. The number of hydrogen-bond donors (Lipinski definition) is 4. The normalized spacial score (nSPS) is 28.2. The summed E-state index contributed by atoms with van der Waals surface area (Å²) in [4.78, 5) is 5.35. The Morgan fingerprint density at radius 3 is 1.15 bits per heavy atom. The molecule has 0 aliphatic carbocycles. The molecular formula is C28H58N6. The van der Waals surface area contributed by atoms with Gasteiger partial charge in [-0.1, -0.05) is 0 Å². The van der Waals surface area contributed by atoms with Crippen molar-refractivity contribution >= 4 is 0 Å². The fourth-order valence-corrected chi connectivity index (χ4v) is 7.39. The SMILES string of the molecule is CC1(C)CC(NCCCN2CCN(CCCNC3CC(C)(C)NC(C)(C)C3)CC2)CC(C)(C)N1. The molecular weight excluding hydrogens is 420 g/mol. The fourth-order valence-electron chi connectivity index (χ4n) is 7.39. The third-order valence-corrected chi connectivity index (χ3v) is 8.01. The van der Waals surface area contributed by atoms with Crippen molar-refractivity contribution in [2.45, 2.75) is 128 Å². The van der Waals surface area contributed by atoms with E-state index >= 15 is 0 Å². The van der Waals surface area contributed by atoms with Gasteiger partial charge in [0.05, 0.1) is 0 Å². The average Bonchev–Trinajstić information content (AvgIpc) is 2.65. The average molecular weight is 479 g/mol. The molecule has 3 fully saturated rings. The molecule has 0 aromatic heterocycles. The quantitative estimate of drug-likeness (QED) is 0.362. The molecule has 0 amide bonds. The molecule has 3 saturated heterocycles. The third kappa shape index (κ3) is 9.67. The maximum atomic E-state index is 3.86. The smallest absolute Gasteiger partial charge is 0.0144 e. The highest BCUT2D eigenvalue weighted by Gasteiger charge is 2.38. The molecule has 3 rings (SSSR count). The highest BCUT2D eigenvalue weighted by Crippen LogP contribution is 2.29. The maximum absolute atomic E-state index is 3.86. The van der Waals surface area contributed by atoms with Crippen LogP contribution in [-0.4, -0.2) is 96.4 Å². The second kappa shape index (κ2) is 11.4. The van der Waals surface area contributed by atoms with E-state index in [1.54, 1.807) is 0 Å². The summed E-state index contributed by atoms with van der Waals surface area (Å²) in [6.45, 7) is 28.4. The standard InChI is InChI=1S/C28H58N6/c1-25(2)19-23(20-26(3,4)31-25)29-11-9-13-33-15-17-34(18-16-33)14-10-12-30-24-21-27(5,6)32-28(7,8)22-24/h23-24,29-32H,9-22H2,1-8H3. The van der Waals surface area contributed by atoms with Gasteiger partial charge in [-0.25, -0.2) is 0 Å². The van der Waals surface area contributed by atoms with E-state index in [9.17, 15) is 0 Å². The Labute approximate surface area is 211 Å². The van der Waals surface area contributed by atoms with Gasteiger partial charge < -0.3 is 31.1 Å². The van der Waals surface area contributed by atoms with E-state index < -0.39 is 0 Å². The van der Waals surface area contributed by atoms with Crippen LogP contribution in [0.5, 0.6) is 0 Å². The number of rotatable bonds is 10. The van der Waals surface area contributed by atoms with Crippen molar-refractivity contribution in [3.05, 3.63) is 0 Å². The summed E-state index contributed by atoms with van der Waals surface area (Å²) in [5, 5.41) is 15.3. The molecule has 0 bridgehead atoms. The zero-order valence-electron chi connectivity index (χ0n) is 23.9. The van der Waals surface area contributed by atoms with Crippen molar-refractivity contribution in [3.8, 4) is 0 Å². The molecule has 0 saturated carbocycles. The molecule has 34 heavy (non-hydrogen) atoms. The van der Waals surface area contributed by atoms with Crippen molar-refractivity contribution in [1.29, 1.82) is 0 Å². The first-order chi connectivity index (χ1) is 15.7. The molecule has 6 nitrogen and oxygen atoms in total. The van der Waals surface area contributed by atoms with Crippen molar-refractivity contribution < 1.29 is 0 Å². The molecule has 3 aliphatic rings. The van der Waals surface area contributed by atoms with Crippen LogP contribution in [0.1, 0.15) is 93.9 Å². The van der Waals surface area contributed by atoms with Gasteiger partial charge in [-0.15, -0.1) is 0 Å². The summed E-state index contributed by atoms with van der Waals surface area (Å²) < 4.78 is 0. The number of piperidine rings is 2. The number of nitrogens with zero attached hydrogens (tertiary/aromatic N) is 2. The Morgan fingerprint density at radius 2 is 0.853 bits per heavy atom. The van der Waals surface area contributed by atoms with Crippen LogP contribution in [-0.2, 0) is 0 Å².